The van der Waals surface area contributed by atoms with Crippen molar-refractivity contribution in [1.82, 2.24) is 67.6 Å². The van der Waals surface area contributed by atoms with E-state index in [0.717, 1.165) is 199 Å². The van der Waals surface area contributed by atoms with E-state index in [1.807, 2.05) is 217 Å². The predicted octanol–water partition coefficient (Wildman–Crippen LogP) is 29.2. The lowest BCUT2D eigenvalue weighted by Crippen LogP contribution is -2.26. The van der Waals surface area contributed by atoms with E-state index in [1.165, 1.54) is 21.5 Å². The molecule has 0 N–H and O–H groups in total. The van der Waals surface area contributed by atoms with Crippen molar-refractivity contribution in [3.8, 4) is 118 Å². The fourth-order valence-corrected chi connectivity index (χ4v) is 22.6. The molecule has 142 heavy (non-hydrogen) atoms. The van der Waals surface area contributed by atoms with E-state index in [9.17, 15) is 0 Å². The molecular formula is C126H85N14OP. The number of aromatic nitrogens is 14. The van der Waals surface area contributed by atoms with Crippen molar-refractivity contribution in [1.29, 1.82) is 0 Å². The maximum Gasteiger partial charge on any atom is 0.175 e. The highest BCUT2D eigenvalue weighted by Gasteiger charge is 2.37. The number of hydrogen-bond donors (Lipinski definition) is 0. The van der Waals surface area contributed by atoms with Gasteiger partial charge in [0, 0.05) is 130 Å². The molecule has 0 saturated carbocycles. The lowest BCUT2D eigenvalue weighted by molar-refractivity contribution is 0.592. The normalized spacial score (nSPS) is 11.5. The molecule has 670 valence electrons. The summed E-state index contributed by atoms with van der Waals surface area (Å²) in [6, 6.07) is 166. The van der Waals surface area contributed by atoms with Crippen LogP contribution in [0.5, 0.6) is 0 Å². The molecule has 0 aliphatic heterocycles. The molecule has 0 bridgehead atoms. The van der Waals surface area contributed by atoms with Gasteiger partial charge in [0.1, 0.15) is 28.6 Å². The Bertz CT molecular complexity index is 9510. The summed E-state index contributed by atoms with van der Waals surface area (Å²) in [7, 11) is -3.24. The number of fused-ring (bicyclic) bond motifs is 12. The van der Waals surface area contributed by atoms with Gasteiger partial charge < -0.3 is 4.57 Å². The van der Waals surface area contributed by atoms with E-state index < -0.39 is 7.14 Å². The van der Waals surface area contributed by atoms with E-state index >= 15 is 4.57 Å². The Morgan fingerprint density at radius 1 is 0.204 bits per heavy atom. The van der Waals surface area contributed by atoms with Crippen molar-refractivity contribution in [3.63, 3.8) is 0 Å². The van der Waals surface area contributed by atoms with Gasteiger partial charge in [-0.1, -0.05) is 419 Å². The lowest BCUT2D eigenvalue weighted by atomic mass is 9.99. The number of pyridine rings is 5. The first-order chi connectivity index (χ1) is 70.3. The molecule has 0 fully saturated rings. The van der Waals surface area contributed by atoms with Gasteiger partial charge in [0.25, 0.3) is 0 Å². The van der Waals surface area contributed by atoms with Gasteiger partial charge in [-0.25, -0.2) is 37.5 Å². The van der Waals surface area contributed by atoms with Gasteiger partial charge in [0.2, 0.25) is 0 Å². The summed E-state index contributed by atoms with van der Waals surface area (Å²) in [5.41, 5.74) is 27.3. The zero-order valence-electron chi connectivity index (χ0n) is 76.7. The largest absolute Gasteiger partial charge is 0.308 e. The Balaban J connectivity index is 0.0000000999. The molecule has 16 heteroatoms. The summed E-state index contributed by atoms with van der Waals surface area (Å²) in [4.78, 5) is 15.3. The highest BCUT2D eigenvalue weighted by Crippen LogP contribution is 2.48. The molecule has 0 aliphatic carbocycles. The van der Waals surface area contributed by atoms with Gasteiger partial charge in [-0.05, 0) is 93.8 Å². The average Bonchev–Trinajstić information content (AvgIpc) is 1.53. The van der Waals surface area contributed by atoms with Crippen LogP contribution in [0.2, 0.25) is 0 Å². The highest BCUT2D eigenvalue weighted by atomic mass is 31.2. The second kappa shape index (κ2) is 36.6. The zero-order chi connectivity index (χ0) is 94.4. The monoisotopic (exact) mass is 1840 g/mol. The van der Waals surface area contributed by atoms with E-state index in [-0.39, 0.29) is 0 Å². The van der Waals surface area contributed by atoms with Crippen LogP contribution in [-0.4, -0.2) is 67.6 Å². The molecule has 15 nitrogen and oxygen atoms in total. The molecule has 0 atom stereocenters. The maximum atomic E-state index is 15.4. The molecule has 0 saturated heterocycles. The highest BCUT2D eigenvalue weighted by molar-refractivity contribution is 7.86. The molecule has 28 aromatic rings. The Labute approximate surface area is 816 Å². The van der Waals surface area contributed by atoms with Crippen molar-refractivity contribution in [2.24, 2.45) is 0 Å². The molecule has 0 amide bonds. The van der Waals surface area contributed by atoms with Crippen LogP contribution in [0.3, 0.4) is 0 Å². The first-order valence-corrected chi connectivity index (χ1v) is 49.1. The Morgan fingerprint density at radius 3 is 0.979 bits per heavy atom. The first kappa shape index (κ1) is 84.8. The van der Waals surface area contributed by atoms with Crippen LogP contribution in [-0.2, 0) is 4.57 Å². The Kier molecular flexibility index (Phi) is 21.8. The molecular weight excluding hydrogens is 1760 g/mol. The van der Waals surface area contributed by atoms with Crippen LogP contribution in [0.15, 0.2) is 516 Å². The molecule has 0 radical (unpaired) electrons. The number of imidazole rings is 1. The van der Waals surface area contributed by atoms with Gasteiger partial charge in [-0.2, -0.15) is 25.5 Å². The van der Waals surface area contributed by atoms with Crippen LogP contribution >= 0.6 is 7.14 Å². The number of nitrogens with zero attached hydrogens (tertiary/aromatic N) is 14. The fraction of sp³-hybridized carbons (Fsp3) is 0. The summed E-state index contributed by atoms with van der Waals surface area (Å²) in [5.74, 6) is 1.59. The smallest absolute Gasteiger partial charge is 0.175 e. The summed E-state index contributed by atoms with van der Waals surface area (Å²) in [6.45, 7) is 0. The second-order valence-corrected chi connectivity index (χ2v) is 37.9. The molecule has 0 spiro atoms. The quantitative estimate of drug-likeness (QED) is 0.0971. The summed E-state index contributed by atoms with van der Waals surface area (Å²) in [5, 5.41) is 37.7. The van der Waals surface area contributed by atoms with Crippen molar-refractivity contribution in [2.45, 2.75) is 0 Å². The first-order valence-electron chi connectivity index (χ1n) is 47.4. The second-order valence-electron chi connectivity index (χ2n) is 35.2. The number of benzene rings is 16. The third-order valence-corrected chi connectivity index (χ3v) is 29.5. The van der Waals surface area contributed by atoms with Crippen molar-refractivity contribution in [2.75, 3.05) is 0 Å². The van der Waals surface area contributed by atoms with Crippen LogP contribution in [0.1, 0.15) is 0 Å². The van der Waals surface area contributed by atoms with Crippen LogP contribution in [0.4, 0.5) is 0 Å². The lowest BCUT2D eigenvalue weighted by Gasteiger charge is -2.20. The van der Waals surface area contributed by atoms with Crippen molar-refractivity contribution >= 4 is 116 Å². The average molecular weight is 1840 g/mol. The topological polar surface area (TPSA) is 147 Å². The Morgan fingerprint density at radius 2 is 0.528 bits per heavy atom. The molecule has 16 aromatic carbocycles. The van der Waals surface area contributed by atoms with E-state index in [0.29, 0.717) is 5.82 Å². The minimum atomic E-state index is -3.24. The van der Waals surface area contributed by atoms with E-state index in [4.69, 9.17) is 40.4 Å². The van der Waals surface area contributed by atoms with Crippen molar-refractivity contribution < 1.29 is 4.57 Å². The van der Waals surface area contributed by atoms with Crippen LogP contribution < -0.4 is 15.9 Å². The third-order valence-electron chi connectivity index (χ3n) is 26.4. The molecule has 12 heterocycles. The zero-order valence-corrected chi connectivity index (χ0v) is 77.6. The predicted molar refractivity (Wildman–Crippen MR) is 581 cm³/mol. The minimum Gasteiger partial charge on any atom is -0.308 e. The third kappa shape index (κ3) is 15.8. The number of hydrogen-bond acceptors (Lipinski definition) is 9. The van der Waals surface area contributed by atoms with Gasteiger partial charge in [0.05, 0.1) is 66.4 Å². The fourth-order valence-electron chi connectivity index (χ4n) is 19.6. The summed E-state index contributed by atoms with van der Waals surface area (Å²) >= 11 is 0. The van der Waals surface area contributed by atoms with Gasteiger partial charge >= 0.3 is 0 Å². The molecule has 28 rings (SSSR count). The molecule has 0 aliphatic rings. The number of para-hydroxylation sites is 2. The van der Waals surface area contributed by atoms with E-state index in [1.54, 1.807) is 0 Å². The number of rotatable bonds is 14. The van der Waals surface area contributed by atoms with Crippen LogP contribution in [0.25, 0.3) is 211 Å². The van der Waals surface area contributed by atoms with Gasteiger partial charge in [-0.3, -0.25) is 4.57 Å². The van der Waals surface area contributed by atoms with Gasteiger partial charge in [-0.15, -0.1) is 0 Å². The van der Waals surface area contributed by atoms with E-state index in [2.05, 4.69) is 327 Å². The minimum absolute atomic E-state index is 0.657. The molecule has 12 aromatic heterocycles. The van der Waals surface area contributed by atoms with Gasteiger partial charge in [0.15, 0.2) is 13.0 Å². The van der Waals surface area contributed by atoms with Crippen molar-refractivity contribution in [3.05, 3.63) is 516 Å². The van der Waals surface area contributed by atoms with Crippen LogP contribution in [0, 0.1) is 0 Å². The summed E-state index contributed by atoms with van der Waals surface area (Å²) in [6.07, 6.45) is 10.5. The summed E-state index contributed by atoms with van der Waals surface area (Å²) < 4.78 is 27.5. The Hall–Kier alpha value is -19.0. The maximum absolute atomic E-state index is 15.4. The molecule has 0 unspecified atom stereocenters. The SMILES string of the molecule is O=P(c1ccccc1)(c1ccccc1)c1c(-c2ccccc2)nn2cc3ccccc3cc12.c1ccc(-c2cc(-c3ccccc3)nc(-c3c(-c4ccccc4)nn4cc5ccccc5cc34)n2)cc1.c1ccc(-c2nn3cc4ccccc4cc3c2-c2ccc(-n3c(-c4ccccc4)nc4ccccc43)cc2)cc1.c1ccc(-c2nn3cc4ccccc4cc3c2-c2ccc3c4ccccc4nn3c2)cc1. The standard InChI is InChI=1S/C36H24N4.C33H22N4.C29H21N2OP.C28H18N4/c1-3-11-26(12-4-1)35-34(33-23-28-15-7-8-16-29(28)24-39(33)38-35)25-19-21-30(22-20-25)40-32-18-10-9-17-31(32)37-36(40)27-13-5-2-6-14-27;1-4-12-23(13-5-1)28-21-29(24-14-6-2-7-15-24)35-33(34-28)31-30-20-26-18-10-11-19-27(26)22-37(30)36-32(31)25-16-8-3-9-17-25;32-33(25-16-6-2-7-17-25,26-18-8-3-9-19-26)29-27-20-23-14-10-11-15-24(23)21-31(27)30-28(29)22-12-4-1-5-13-22;1-2-8-19(9-3-1)28-27(26-16-20-10-4-5-11-21(20)17-32(26)30-28)22-14-15-25-23-12-6-7-13-24(23)29-31(25)18-22/h1-24H;1-22H;1-21H;1-18H.